The van der Waals surface area contributed by atoms with Gasteiger partial charge in [0.1, 0.15) is 11.6 Å². The summed E-state index contributed by atoms with van der Waals surface area (Å²) in [7, 11) is 1.86. The Hall–Kier alpha value is -2.60. The van der Waals surface area contributed by atoms with Gasteiger partial charge in [-0.25, -0.2) is 4.98 Å². The van der Waals surface area contributed by atoms with Crippen LogP contribution >= 0.6 is 11.3 Å². The molecule has 5 nitrogen and oxygen atoms in total. The zero-order valence-corrected chi connectivity index (χ0v) is 16.5. The first-order valence-corrected chi connectivity index (χ1v) is 9.99. The SMILES string of the molecule is CCOC(=O)CCc1csc2cc(OCCc3cccc(NC)n3)ccc12. The summed E-state index contributed by atoms with van der Waals surface area (Å²) < 4.78 is 12.1. The van der Waals surface area contributed by atoms with Crippen molar-refractivity contribution in [2.75, 3.05) is 25.6 Å². The Balaban J connectivity index is 1.57. The minimum absolute atomic E-state index is 0.146. The zero-order chi connectivity index (χ0) is 19.1. The molecule has 0 atom stereocenters. The lowest BCUT2D eigenvalue weighted by Crippen LogP contribution is -2.05. The normalized spacial score (nSPS) is 10.7. The first-order valence-electron chi connectivity index (χ1n) is 9.12. The maximum atomic E-state index is 11.6. The number of fused-ring (bicyclic) bond motifs is 1. The van der Waals surface area contributed by atoms with E-state index in [1.165, 1.54) is 15.6 Å². The van der Waals surface area contributed by atoms with E-state index in [0.29, 0.717) is 26.1 Å². The van der Waals surface area contributed by atoms with Gasteiger partial charge in [-0.3, -0.25) is 4.79 Å². The van der Waals surface area contributed by atoms with Crippen LogP contribution in [-0.2, 0) is 22.4 Å². The average molecular weight is 385 g/mol. The van der Waals surface area contributed by atoms with Crippen molar-refractivity contribution >= 4 is 33.2 Å². The van der Waals surface area contributed by atoms with E-state index in [-0.39, 0.29) is 5.97 Å². The molecule has 142 valence electrons. The lowest BCUT2D eigenvalue weighted by molar-refractivity contribution is -0.143. The molecule has 1 N–H and O–H groups in total. The molecule has 0 bridgehead atoms. The van der Waals surface area contributed by atoms with Crippen LogP contribution in [0.5, 0.6) is 5.75 Å². The molecule has 0 aliphatic carbocycles. The summed E-state index contributed by atoms with van der Waals surface area (Å²) in [5.41, 5.74) is 2.18. The van der Waals surface area contributed by atoms with E-state index >= 15 is 0 Å². The Bertz CT molecular complexity index is 907. The lowest BCUT2D eigenvalue weighted by Gasteiger charge is -2.07. The molecule has 0 radical (unpaired) electrons. The number of anilines is 1. The number of nitrogens with zero attached hydrogens (tertiary/aromatic N) is 1. The van der Waals surface area contributed by atoms with Gasteiger partial charge in [0.25, 0.3) is 0 Å². The summed E-state index contributed by atoms with van der Waals surface area (Å²) >= 11 is 1.68. The number of aryl methyl sites for hydroxylation is 1. The van der Waals surface area contributed by atoms with Crippen LogP contribution in [0.4, 0.5) is 5.82 Å². The van der Waals surface area contributed by atoms with Gasteiger partial charge in [0, 0.05) is 30.3 Å². The van der Waals surface area contributed by atoms with Gasteiger partial charge >= 0.3 is 5.97 Å². The molecule has 3 rings (SSSR count). The van der Waals surface area contributed by atoms with Gasteiger partial charge < -0.3 is 14.8 Å². The van der Waals surface area contributed by atoms with E-state index in [1.54, 1.807) is 11.3 Å². The van der Waals surface area contributed by atoms with E-state index in [1.807, 2.05) is 38.2 Å². The Labute approximate surface area is 163 Å². The summed E-state index contributed by atoms with van der Waals surface area (Å²) in [5, 5.41) is 6.34. The first-order chi connectivity index (χ1) is 13.2. The van der Waals surface area contributed by atoms with Crippen molar-refractivity contribution in [3.63, 3.8) is 0 Å². The van der Waals surface area contributed by atoms with Gasteiger partial charge in [-0.1, -0.05) is 6.07 Å². The van der Waals surface area contributed by atoms with Gasteiger partial charge in [0.05, 0.1) is 13.2 Å². The monoisotopic (exact) mass is 384 g/mol. The van der Waals surface area contributed by atoms with Crippen LogP contribution in [0.15, 0.2) is 41.8 Å². The summed E-state index contributed by atoms with van der Waals surface area (Å²) in [6, 6.07) is 12.0. The number of nitrogens with one attached hydrogen (secondary N) is 1. The van der Waals surface area contributed by atoms with Crippen molar-refractivity contribution in [3.8, 4) is 5.75 Å². The highest BCUT2D eigenvalue weighted by Crippen LogP contribution is 2.30. The first kappa shape index (κ1) is 19.2. The number of esters is 1. The zero-order valence-electron chi connectivity index (χ0n) is 15.7. The molecule has 0 fully saturated rings. The fraction of sp³-hybridized carbons (Fsp3) is 0.333. The number of hydrogen-bond acceptors (Lipinski definition) is 6. The van der Waals surface area contributed by atoms with Gasteiger partial charge in [0.15, 0.2) is 0 Å². The second kappa shape index (κ2) is 9.37. The average Bonchev–Trinajstić information content (AvgIpc) is 3.09. The van der Waals surface area contributed by atoms with Gasteiger partial charge in [-0.05, 0) is 60.0 Å². The van der Waals surface area contributed by atoms with E-state index in [2.05, 4.69) is 27.8 Å². The van der Waals surface area contributed by atoms with Crippen LogP contribution in [-0.4, -0.2) is 31.2 Å². The third-order valence-corrected chi connectivity index (χ3v) is 5.21. The van der Waals surface area contributed by atoms with Crippen LogP contribution in [0.1, 0.15) is 24.6 Å². The third-order valence-electron chi connectivity index (χ3n) is 4.22. The summed E-state index contributed by atoms with van der Waals surface area (Å²) in [4.78, 5) is 16.1. The second-order valence-electron chi connectivity index (χ2n) is 6.09. The van der Waals surface area contributed by atoms with Crippen molar-refractivity contribution in [2.24, 2.45) is 0 Å². The number of thiophene rings is 1. The Kier molecular flexibility index (Phi) is 6.65. The van der Waals surface area contributed by atoms with Gasteiger partial charge in [-0.2, -0.15) is 0 Å². The standard InChI is InChI=1S/C21H24N2O3S/c1-3-25-21(24)10-7-15-14-27-19-13-17(8-9-18(15)19)26-12-11-16-5-4-6-20(22-2)23-16/h4-6,8-9,13-14H,3,7,10-12H2,1-2H3,(H,22,23). The Morgan fingerprint density at radius 2 is 2.11 bits per heavy atom. The molecule has 27 heavy (non-hydrogen) atoms. The van der Waals surface area contributed by atoms with E-state index in [4.69, 9.17) is 9.47 Å². The molecular weight excluding hydrogens is 360 g/mol. The predicted molar refractivity (Wildman–Crippen MR) is 110 cm³/mol. The fourth-order valence-corrected chi connectivity index (χ4v) is 3.87. The third kappa shape index (κ3) is 5.20. The van der Waals surface area contributed by atoms with E-state index in [0.717, 1.165) is 23.7 Å². The molecule has 2 heterocycles. The Morgan fingerprint density at radius 3 is 2.93 bits per heavy atom. The van der Waals surface area contributed by atoms with Gasteiger partial charge in [-0.15, -0.1) is 11.3 Å². The largest absolute Gasteiger partial charge is 0.493 e. The molecule has 6 heteroatoms. The highest BCUT2D eigenvalue weighted by molar-refractivity contribution is 7.17. The summed E-state index contributed by atoms with van der Waals surface area (Å²) in [6.45, 7) is 2.83. The van der Waals surface area contributed by atoms with E-state index in [9.17, 15) is 4.79 Å². The quantitative estimate of drug-likeness (QED) is 0.552. The molecule has 0 saturated carbocycles. The van der Waals surface area contributed by atoms with Crippen molar-refractivity contribution in [1.29, 1.82) is 0 Å². The number of aromatic nitrogens is 1. The summed E-state index contributed by atoms with van der Waals surface area (Å²) in [6.07, 6.45) is 1.87. The van der Waals surface area contributed by atoms with Crippen molar-refractivity contribution in [1.82, 2.24) is 4.98 Å². The molecule has 0 aliphatic rings. The number of carbonyl (C=O) groups is 1. The lowest BCUT2D eigenvalue weighted by atomic mass is 10.1. The predicted octanol–water partition coefficient (Wildman–Crippen LogP) is 4.46. The van der Waals surface area contributed by atoms with Crippen LogP contribution in [0, 0.1) is 0 Å². The second-order valence-corrected chi connectivity index (χ2v) is 7.00. The van der Waals surface area contributed by atoms with Crippen molar-refractivity contribution in [2.45, 2.75) is 26.2 Å². The topological polar surface area (TPSA) is 60.5 Å². The van der Waals surface area contributed by atoms with Crippen molar-refractivity contribution < 1.29 is 14.3 Å². The van der Waals surface area contributed by atoms with Crippen LogP contribution in [0.3, 0.4) is 0 Å². The fourth-order valence-electron chi connectivity index (χ4n) is 2.85. The maximum Gasteiger partial charge on any atom is 0.306 e. The molecule has 3 aromatic rings. The number of rotatable bonds is 9. The molecule has 0 aliphatic heterocycles. The van der Waals surface area contributed by atoms with Crippen LogP contribution in [0.2, 0.25) is 0 Å². The molecule has 0 amide bonds. The van der Waals surface area contributed by atoms with Crippen LogP contribution < -0.4 is 10.1 Å². The summed E-state index contributed by atoms with van der Waals surface area (Å²) in [5.74, 6) is 1.57. The van der Waals surface area contributed by atoms with Crippen molar-refractivity contribution in [3.05, 3.63) is 53.0 Å². The molecular formula is C21H24N2O3S. The molecule has 1 aromatic carbocycles. The minimum Gasteiger partial charge on any atom is -0.493 e. The van der Waals surface area contributed by atoms with E-state index < -0.39 is 0 Å². The number of benzene rings is 1. The minimum atomic E-state index is -0.146. The maximum absolute atomic E-state index is 11.6. The smallest absolute Gasteiger partial charge is 0.306 e. The van der Waals surface area contributed by atoms with Gasteiger partial charge in [0.2, 0.25) is 0 Å². The number of hydrogen-bond donors (Lipinski definition) is 1. The number of ether oxygens (including phenoxy) is 2. The van der Waals surface area contributed by atoms with Crippen LogP contribution in [0.25, 0.3) is 10.1 Å². The highest BCUT2D eigenvalue weighted by atomic mass is 32.1. The number of carbonyl (C=O) groups excluding carboxylic acids is 1. The molecule has 0 spiro atoms. The molecule has 0 saturated heterocycles. The molecule has 0 unspecified atom stereocenters. The molecule has 2 aromatic heterocycles. The Morgan fingerprint density at radius 1 is 1.22 bits per heavy atom. The highest BCUT2D eigenvalue weighted by Gasteiger charge is 2.09. The number of pyridine rings is 1.